The van der Waals surface area contributed by atoms with Gasteiger partial charge in [0, 0.05) is 33.4 Å². The average Bonchev–Trinajstić information content (AvgIpc) is 2.96. The zero-order valence-electron chi connectivity index (χ0n) is 14.3. The van der Waals surface area contributed by atoms with Crippen LogP contribution in [0.1, 0.15) is 65.2 Å². The summed E-state index contributed by atoms with van der Waals surface area (Å²) in [4.78, 5) is 4.34. The summed E-state index contributed by atoms with van der Waals surface area (Å²) in [6.07, 6.45) is 10.3. The van der Waals surface area contributed by atoms with Gasteiger partial charge in [-0.15, -0.1) is 0 Å². The number of hydrogen-bond acceptors (Lipinski definition) is 2. The molecule has 0 aromatic heterocycles. The smallest absolute Gasteiger partial charge is 0.190 e. The lowest BCUT2D eigenvalue weighted by atomic mass is 9.83. The van der Waals surface area contributed by atoms with Gasteiger partial charge in [-0.2, -0.15) is 0 Å². The first-order valence-corrected chi connectivity index (χ1v) is 8.78. The Kier molecular flexibility index (Phi) is 9.48. The maximum atomic E-state index is 5.57. The molecule has 4 nitrogen and oxygen atoms in total. The summed E-state index contributed by atoms with van der Waals surface area (Å²) in [6, 6.07) is 0. The highest BCUT2D eigenvalue weighted by Crippen LogP contribution is 2.40. The monoisotopic (exact) mass is 297 g/mol. The molecular formula is C17H35N3O. The minimum Gasteiger partial charge on any atom is -0.382 e. The number of hydrogen-bond donors (Lipinski definition) is 2. The lowest BCUT2D eigenvalue weighted by molar-refractivity contribution is 0.105. The Morgan fingerprint density at radius 1 is 1.14 bits per heavy atom. The van der Waals surface area contributed by atoms with E-state index in [0.717, 1.165) is 32.3 Å². The Balaban J connectivity index is 2.33. The molecule has 0 atom stereocenters. The molecular weight excluding hydrogens is 262 g/mol. The van der Waals surface area contributed by atoms with E-state index in [9.17, 15) is 0 Å². The molecule has 124 valence electrons. The summed E-state index contributed by atoms with van der Waals surface area (Å²) < 4.78 is 5.57. The fourth-order valence-corrected chi connectivity index (χ4v) is 3.15. The van der Waals surface area contributed by atoms with E-state index in [-0.39, 0.29) is 0 Å². The van der Waals surface area contributed by atoms with E-state index >= 15 is 0 Å². The van der Waals surface area contributed by atoms with Gasteiger partial charge in [0.25, 0.3) is 0 Å². The van der Waals surface area contributed by atoms with Crippen molar-refractivity contribution in [2.24, 2.45) is 10.4 Å². The first-order valence-electron chi connectivity index (χ1n) is 8.78. The van der Waals surface area contributed by atoms with E-state index < -0.39 is 0 Å². The molecule has 0 aromatic carbocycles. The first kappa shape index (κ1) is 18.3. The molecule has 0 unspecified atom stereocenters. The van der Waals surface area contributed by atoms with Gasteiger partial charge in [-0.1, -0.05) is 32.6 Å². The second-order valence-corrected chi connectivity index (χ2v) is 6.21. The molecule has 0 saturated heterocycles. The fourth-order valence-electron chi connectivity index (χ4n) is 3.15. The zero-order chi connectivity index (χ0) is 15.4. The molecule has 1 rings (SSSR count). The Labute approximate surface area is 131 Å². The van der Waals surface area contributed by atoms with Gasteiger partial charge in [0.05, 0.1) is 0 Å². The van der Waals surface area contributed by atoms with E-state index in [4.69, 9.17) is 4.74 Å². The van der Waals surface area contributed by atoms with Gasteiger partial charge in [-0.05, 0) is 38.0 Å². The molecule has 0 aromatic rings. The lowest BCUT2D eigenvalue weighted by Crippen LogP contribution is -2.43. The van der Waals surface area contributed by atoms with Crippen molar-refractivity contribution in [3.8, 4) is 0 Å². The Morgan fingerprint density at radius 3 is 2.52 bits per heavy atom. The van der Waals surface area contributed by atoms with Gasteiger partial charge in [0.1, 0.15) is 0 Å². The molecule has 4 heteroatoms. The lowest BCUT2D eigenvalue weighted by Gasteiger charge is -2.30. The average molecular weight is 297 g/mol. The third-order valence-corrected chi connectivity index (χ3v) is 4.57. The van der Waals surface area contributed by atoms with Crippen molar-refractivity contribution >= 4 is 5.96 Å². The summed E-state index contributed by atoms with van der Waals surface area (Å²) in [5.74, 6) is 0.953. The molecule has 21 heavy (non-hydrogen) atoms. The second-order valence-electron chi connectivity index (χ2n) is 6.21. The number of nitrogens with zero attached hydrogens (tertiary/aromatic N) is 1. The van der Waals surface area contributed by atoms with Gasteiger partial charge in [0.15, 0.2) is 5.96 Å². The molecule has 1 aliphatic rings. The second kappa shape index (κ2) is 10.9. The van der Waals surface area contributed by atoms with Crippen LogP contribution in [-0.2, 0) is 4.74 Å². The van der Waals surface area contributed by atoms with Crippen molar-refractivity contribution in [2.45, 2.75) is 65.2 Å². The van der Waals surface area contributed by atoms with Crippen molar-refractivity contribution in [3.05, 3.63) is 0 Å². The van der Waals surface area contributed by atoms with Crippen LogP contribution < -0.4 is 10.6 Å². The van der Waals surface area contributed by atoms with E-state index in [0.29, 0.717) is 5.41 Å². The normalized spacial score (nSPS) is 18.0. The molecule has 0 aliphatic heterocycles. The largest absolute Gasteiger partial charge is 0.382 e. The number of nitrogens with one attached hydrogen (secondary N) is 2. The number of rotatable bonds is 10. The van der Waals surface area contributed by atoms with E-state index in [1.54, 1.807) is 0 Å². The SMILES string of the molecule is CCCCCNC(=NC)NCC1(CCOCC)CCCC1. The number of aliphatic imine (C=N–C) groups is 1. The zero-order valence-corrected chi connectivity index (χ0v) is 14.3. The van der Waals surface area contributed by atoms with Crippen molar-refractivity contribution in [2.75, 3.05) is 33.4 Å². The van der Waals surface area contributed by atoms with Gasteiger partial charge in [0.2, 0.25) is 0 Å². The van der Waals surface area contributed by atoms with Crippen molar-refractivity contribution in [1.82, 2.24) is 10.6 Å². The van der Waals surface area contributed by atoms with Crippen molar-refractivity contribution < 1.29 is 4.74 Å². The number of ether oxygens (including phenoxy) is 1. The standard InChI is InChI=1S/C17H35N3O/c1-4-6-9-13-19-16(18-3)20-15-17(10-7-8-11-17)12-14-21-5-2/h4-15H2,1-3H3,(H2,18,19,20). The Hall–Kier alpha value is -0.770. The van der Waals surface area contributed by atoms with Gasteiger partial charge < -0.3 is 15.4 Å². The summed E-state index contributed by atoms with van der Waals surface area (Å²) in [5.41, 5.74) is 0.413. The number of guanidine groups is 1. The molecule has 2 N–H and O–H groups in total. The van der Waals surface area contributed by atoms with Gasteiger partial charge in [-0.25, -0.2) is 0 Å². The van der Waals surface area contributed by atoms with E-state index in [1.807, 2.05) is 7.05 Å². The molecule has 0 amide bonds. The van der Waals surface area contributed by atoms with Crippen LogP contribution in [-0.4, -0.2) is 39.3 Å². The maximum Gasteiger partial charge on any atom is 0.190 e. The third kappa shape index (κ3) is 7.16. The van der Waals surface area contributed by atoms with Crippen LogP contribution in [0.5, 0.6) is 0 Å². The molecule has 1 saturated carbocycles. The molecule has 0 spiro atoms. The number of unbranched alkanes of at least 4 members (excludes halogenated alkanes) is 2. The van der Waals surface area contributed by atoms with Crippen LogP contribution in [0.3, 0.4) is 0 Å². The maximum absolute atomic E-state index is 5.57. The minimum absolute atomic E-state index is 0.413. The van der Waals surface area contributed by atoms with Crippen LogP contribution in [0, 0.1) is 5.41 Å². The third-order valence-electron chi connectivity index (χ3n) is 4.57. The van der Waals surface area contributed by atoms with Crippen LogP contribution in [0.2, 0.25) is 0 Å². The van der Waals surface area contributed by atoms with Crippen LogP contribution in [0.4, 0.5) is 0 Å². The van der Waals surface area contributed by atoms with Crippen molar-refractivity contribution in [3.63, 3.8) is 0 Å². The van der Waals surface area contributed by atoms with E-state index in [1.165, 1.54) is 51.4 Å². The topological polar surface area (TPSA) is 45.7 Å². The minimum atomic E-state index is 0.413. The highest BCUT2D eigenvalue weighted by molar-refractivity contribution is 5.79. The summed E-state index contributed by atoms with van der Waals surface area (Å²) >= 11 is 0. The van der Waals surface area contributed by atoms with E-state index in [2.05, 4.69) is 29.5 Å². The van der Waals surface area contributed by atoms with Crippen LogP contribution in [0.15, 0.2) is 4.99 Å². The summed E-state index contributed by atoms with van der Waals surface area (Å²) in [7, 11) is 1.86. The summed E-state index contributed by atoms with van der Waals surface area (Å²) in [5, 5.41) is 6.96. The molecule has 0 bridgehead atoms. The van der Waals surface area contributed by atoms with Crippen LogP contribution >= 0.6 is 0 Å². The Morgan fingerprint density at radius 2 is 1.90 bits per heavy atom. The quantitative estimate of drug-likeness (QED) is 0.369. The molecule has 1 aliphatic carbocycles. The molecule has 0 radical (unpaired) electrons. The molecule has 1 fully saturated rings. The van der Waals surface area contributed by atoms with Gasteiger partial charge in [-0.3, -0.25) is 4.99 Å². The highest BCUT2D eigenvalue weighted by atomic mass is 16.5. The first-order chi connectivity index (χ1) is 10.3. The predicted octanol–water partition coefficient (Wildman–Crippen LogP) is 3.33. The molecule has 0 heterocycles. The predicted molar refractivity (Wildman–Crippen MR) is 90.9 cm³/mol. The fraction of sp³-hybridized carbons (Fsp3) is 0.941. The van der Waals surface area contributed by atoms with Gasteiger partial charge >= 0.3 is 0 Å². The Bertz CT molecular complexity index is 286. The summed E-state index contributed by atoms with van der Waals surface area (Å²) in [6.45, 7) is 8.05. The highest BCUT2D eigenvalue weighted by Gasteiger charge is 2.33. The van der Waals surface area contributed by atoms with Crippen LogP contribution in [0.25, 0.3) is 0 Å². The van der Waals surface area contributed by atoms with Crippen molar-refractivity contribution in [1.29, 1.82) is 0 Å².